The number of likely N-dealkylation sites (tertiary alicyclic amines) is 1. The van der Waals surface area contributed by atoms with E-state index in [9.17, 15) is 14.0 Å². The number of aromatic nitrogens is 1. The summed E-state index contributed by atoms with van der Waals surface area (Å²) in [6.07, 6.45) is 1.33. The highest BCUT2D eigenvalue weighted by Crippen LogP contribution is 2.44. The second kappa shape index (κ2) is 6.56. The quantitative estimate of drug-likeness (QED) is 0.701. The Morgan fingerprint density at radius 2 is 2.10 bits per heavy atom. The summed E-state index contributed by atoms with van der Waals surface area (Å²) in [4.78, 5) is 31.0. The van der Waals surface area contributed by atoms with Crippen molar-refractivity contribution in [2.75, 3.05) is 32.0 Å². The van der Waals surface area contributed by atoms with Crippen LogP contribution in [-0.4, -0.2) is 48.4 Å². The number of allylic oxidation sites excluding steroid dienone is 1. The molecule has 2 aromatic rings. The number of hydrogen-bond donors (Lipinski definition) is 3. The van der Waals surface area contributed by atoms with Crippen molar-refractivity contribution >= 4 is 28.6 Å². The highest BCUT2D eigenvalue weighted by molar-refractivity contribution is 6.37. The van der Waals surface area contributed by atoms with Crippen LogP contribution in [0, 0.1) is 18.7 Å². The maximum Gasteiger partial charge on any atom is 0.256 e. The first-order valence-corrected chi connectivity index (χ1v) is 9.95. The minimum absolute atomic E-state index is 0.0666. The van der Waals surface area contributed by atoms with Gasteiger partial charge in [0.2, 0.25) is 0 Å². The number of halogens is 1. The summed E-state index contributed by atoms with van der Waals surface area (Å²) in [7, 11) is 2.07. The summed E-state index contributed by atoms with van der Waals surface area (Å²) in [5, 5.41) is 5.88. The van der Waals surface area contributed by atoms with Crippen LogP contribution in [0.4, 0.5) is 10.1 Å². The number of nitrogens with zero attached hydrogens (tertiary/aromatic N) is 1. The van der Waals surface area contributed by atoms with E-state index < -0.39 is 0 Å². The molecule has 5 rings (SSSR count). The van der Waals surface area contributed by atoms with Gasteiger partial charge >= 0.3 is 0 Å². The fraction of sp³-hybridized carbons (Fsp3) is 0.364. The maximum absolute atomic E-state index is 13.8. The van der Waals surface area contributed by atoms with Gasteiger partial charge in [-0.1, -0.05) is 0 Å². The predicted molar refractivity (Wildman–Crippen MR) is 109 cm³/mol. The molecule has 1 saturated heterocycles. The fourth-order valence-electron chi connectivity index (χ4n) is 4.84. The Bertz CT molecular complexity index is 1080. The van der Waals surface area contributed by atoms with Gasteiger partial charge in [-0.3, -0.25) is 9.59 Å². The van der Waals surface area contributed by atoms with Crippen LogP contribution in [0.1, 0.15) is 39.3 Å². The first-order valence-electron chi connectivity index (χ1n) is 9.95. The summed E-state index contributed by atoms with van der Waals surface area (Å²) in [5.74, 6) is -0.160. The van der Waals surface area contributed by atoms with Gasteiger partial charge in [0, 0.05) is 48.2 Å². The SMILES string of the molecule is Cc1[nH]c2c(c1C(=O)NCC1CN(C)C1)CC/C2=C1/C(=O)Nc2ccc(F)cc21. The number of anilines is 1. The average Bonchev–Trinajstić information content (AvgIpc) is 3.28. The summed E-state index contributed by atoms with van der Waals surface area (Å²) >= 11 is 0. The highest BCUT2D eigenvalue weighted by atomic mass is 19.1. The average molecular weight is 394 g/mol. The number of hydrogen-bond acceptors (Lipinski definition) is 3. The van der Waals surface area contributed by atoms with E-state index in [1.807, 2.05) is 6.92 Å². The lowest BCUT2D eigenvalue weighted by atomic mass is 9.99. The molecule has 0 unspecified atom stereocenters. The third-order valence-electron chi connectivity index (χ3n) is 6.16. The lowest BCUT2D eigenvalue weighted by Crippen LogP contribution is -2.49. The van der Waals surface area contributed by atoms with Gasteiger partial charge in [0.25, 0.3) is 11.8 Å². The standard InChI is InChI=1S/C22H23FN4O2/c1-11-18(21(28)24-8-12-9-27(2)10-12)14-4-5-15(20(14)25-11)19-16-7-13(23)3-6-17(16)26-22(19)29/h3,6-7,12,25H,4-5,8-10H2,1-2H3,(H,24,28)(H,26,29)/b19-15-. The Kier molecular flexibility index (Phi) is 4.10. The van der Waals surface area contributed by atoms with Crippen molar-refractivity contribution in [1.29, 1.82) is 0 Å². The predicted octanol–water partition coefficient (Wildman–Crippen LogP) is 2.56. The zero-order valence-electron chi connectivity index (χ0n) is 16.5. The molecular weight excluding hydrogens is 371 g/mol. The van der Waals surface area contributed by atoms with E-state index in [0.29, 0.717) is 47.7 Å². The van der Waals surface area contributed by atoms with Crippen molar-refractivity contribution in [3.63, 3.8) is 0 Å². The number of amides is 2. The van der Waals surface area contributed by atoms with Crippen LogP contribution in [0.5, 0.6) is 0 Å². The topological polar surface area (TPSA) is 77.2 Å². The number of carbonyl (C=O) groups is 2. The number of aryl methyl sites for hydroxylation is 1. The summed E-state index contributed by atoms with van der Waals surface area (Å²) in [6.45, 7) is 4.57. The number of fused-ring (bicyclic) bond motifs is 2. The van der Waals surface area contributed by atoms with Crippen molar-refractivity contribution in [2.24, 2.45) is 5.92 Å². The zero-order valence-corrected chi connectivity index (χ0v) is 16.5. The molecule has 3 aliphatic rings. The molecule has 0 saturated carbocycles. The van der Waals surface area contributed by atoms with E-state index in [1.54, 1.807) is 6.07 Å². The molecule has 3 heterocycles. The number of nitrogens with one attached hydrogen (secondary N) is 3. The molecule has 0 bridgehead atoms. The van der Waals surface area contributed by atoms with Crippen molar-refractivity contribution in [1.82, 2.24) is 15.2 Å². The van der Waals surface area contributed by atoms with Crippen molar-refractivity contribution in [2.45, 2.75) is 19.8 Å². The Morgan fingerprint density at radius 1 is 1.31 bits per heavy atom. The van der Waals surface area contributed by atoms with Crippen LogP contribution in [0.15, 0.2) is 18.2 Å². The Labute approximate surface area is 168 Å². The second-order valence-electron chi connectivity index (χ2n) is 8.27. The summed E-state index contributed by atoms with van der Waals surface area (Å²) < 4.78 is 13.8. The van der Waals surface area contributed by atoms with Crippen LogP contribution in [-0.2, 0) is 11.2 Å². The third-order valence-corrected chi connectivity index (χ3v) is 6.16. The normalized spacial score (nSPS) is 21.0. The Balaban J connectivity index is 1.48. The highest BCUT2D eigenvalue weighted by Gasteiger charge is 2.35. The van der Waals surface area contributed by atoms with Crippen LogP contribution in [0.3, 0.4) is 0 Å². The fourth-order valence-corrected chi connectivity index (χ4v) is 4.84. The van der Waals surface area contributed by atoms with Gasteiger partial charge in [0.1, 0.15) is 5.82 Å². The van der Waals surface area contributed by atoms with Crippen molar-refractivity contribution < 1.29 is 14.0 Å². The van der Waals surface area contributed by atoms with Crippen LogP contribution >= 0.6 is 0 Å². The van der Waals surface area contributed by atoms with E-state index in [1.165, 1.54) is 12.1 Å². The van der Waals surface area contributed by atoms with Crippen molar-refractivity contribution in [3.8, 4) is 0 Å². The van der Waals surface area contributed by atoms with Gasteiger partial charge in [-0.05, 0) is 56.1 Å². The number of H-pyrrole nitrogens is 1. The molecule has 0 radical (unpaired) electrons. The molecule has 0 atom stereocenters. The van der Waals surface area contributed by atoms with Crippen LogP contribution < -0.4 is 10.6 Å². The number of carbonyl (C=O) groups excluding carboxylic acids is 2. The van der Waals surface area contributed by atoms with E-state index >= 15 is 0 Å². The minimum Gasteiger partial charge on any atom is -0.358 e. The van der Waals surface area contributed by atoms with Crippen LogP contribution in [0.2, 0.25) is 0 Å². The Morgan fingerprint density at radius 3 is 2.86 bits per heavy atom. The van der Waals surface area contributed by atoms with Gasteiger partial charge in [0.15, 0.2) is 0 Å². The van der Waals surface area contributed by atoms with E-state index in [0.717, 1.165) is 35.6 Å². The summed E-state index contributed by atoms with van der Waals surface area (Å²) in [5.41, 5.74) is 5.83. The number of rotatable bonds is 3. The molecule has 1 aromatic heterocycles. The van der Waals surface area contributed by atoms with Gasteiger partial charge in [-0.25, -0.2) is 4.39 Å². The van der Waals surface area contributed by atoms with E-state index in [2.05, 4.69) is 27.6 Å². The molecule has 0 spiro atoms. The Hall–Kier alpha value is -2.93. The molecule has 29 heavy (non-hydrogen) atoms. The molecule has 2 amide bonds. The van der Waals surface area contributed by atoms with Gasteiger partial charge in [-0.2, -0.15) is 0 Å². The smallest absolute Gasteiger partial charge is 0.256 e. The molecule has 150 valence electrons. The molecule has 1 aromatic carbocycles. The lowest BCUT2D eigenvalue weighted by molar-refractivity contribution is -0.110. The van der Waals surface area contributed by atoms with Gasteiger partial charge < -0.3 is 20.5 Å². The molecule has 2 aliphatic heterocycles. The molecule has 1 aliphatic carbocycles. The molecule has 3 N–H and O–H groups in total. The summed E-state index contributed by atoms with van der Waals surface area (Å²) in [6, 6.07) is 4.32. The van der Waals surface area contributed by atoms with Crippen molar-refractivity contribution in [3.05, 3.63) is 52.1 Å². The molecule has 6 nitrogen and oxygen atoms in total. The van der Waals surface area contributed by atoms with E-state index in [4.69, 9.17) is 0 Å². The maximum atomic E-state index is 13.8. The second-order valence-corrected chi connectivity index (χ2v) is 8.27. The lowest BCUT2D eigenvalue weighted by Gasteiger charge is -2.36. The minimum atomic E-state index is -0.374. The van der Waals surface area contributed by atoms with E-state index in [-0.39, 0.29) is 17.6 Å². The number of aromatic amines is 1. The van der Waals surface area contributed by atoms with Crippen LogP contribution in [0.25, 0.3) is 11.1 Å². The third kappa shape index (κ3) is 2.88. The van der Waals surface area contributed by atoms with Gasteiger partial charge in [0.05, 0.1) is 11.1 Å². The molecule has 1 fully saturated rings. The first-order chi connectivity index (χ1) is 13.9. The van der Waals surface area contributed by atoms with Gasteiger partial charge in [-0.15, -0.1) is 0 Å². The monoisotopic (exact) mass is 394 g/mol. The largest absolute Gasteiger partial charge is 0.358 e. The molecule has 7 heteroatoms. The zero-order chi connectivity index (χ0) is 20.3. The number of benzene rings is 1. The first kappa shape index (κ1) is 18.1. The molecular formula is C22H23FN4O2.